The van der Waals surface area contributed by atoms with Crippen LogP contribution in [0.4, 0.5) is 40.8 Å². The lowest BCUT2D eigenvalue weighted by molar-refractivity contribution is -0.140. The Labute approximate surface area is 536 Å². The van der Waals surface area contributed by atoms with Gasteiger partial charge in [-0.25, -0.2) is 59.3 Å². The fourth-order valence-corrected chi connectivity index (χ4v) is 12.8. The molecule has 0 aliphatic rings. The van der Waals surface area contributed by atoms with Crippen LogP contribution in [-0.2, 0) is 80.9 Å². The molecule has 0 aliphatic heterocycles. The molecule has 0 saturated carbocycles. The fourth-order valence-electron chi connectivity index (χ4n) is 10.4. The van der Waals surface area contributed by atoms with Gasteiger partial charge < -0.3 is 15.0 Å². The third-order valence-electron chi connectivity index (χ3n) is 14.7. The second-order valence-corrected chi connectivity index (χ2v) is 27.2. The molecule has 3 aromatic heterocycles. The number of H-pyrrole nitrogens is 3. The third-order valence-corrected chi connectivity index (χ3v) is 17.8. The zero-order chi connectivity index (χ0) is 66.6. The summed E-state index contributed by atoms with van der Waals surface area (Å²) in [5, 5.41) is 10.6. The number of anilines is 1. The number of nitrogens with one attached hydrogen (secondary N) is 4. The number of hydrogen-bond acceptors (Lipinski definition) is 9. The molecule has 0 fully saturated rings. The van der Waals surface area contributed by atoms with E-state index in [9.17, 15) is 60.4 Å². The van der Waals surface area contributed by atoms with E-state index in [4.69, 9.17) is 10.3 Å². The lowest BCUT2D eigenvalue weighted by Crippen LogP contribution is -2.13. The van der Waals surface area contributed by atoms with Crippen molar-refractivity contribution in [2.24, 2.45) is 10.3 Å². The topological polar surface area (TPSA) is 253 Å². The Morgan fingerprint density at radius 2 is 0.882 bits per heavy atom. The monoisotopic (exact) mass is 1400 g/mol. The smallest absolute Gasteiger partial charge is 0.342 e. The number of aromatic nitrogens is 6. The van der Waals surface area contributed by atoms with Crippen molar-refractivity contribution in [3.8, 4) is 33.4 Å². The normalized spacial score (nSPS) is 12.2. The highest BCUT2D eigenvalue weighted by atomic mass is 79.9. The van der Waals surface area contributed by atoms with Crippen molar-refractivity contribution < 1.29 is 60.4 Å². The van der Waals surface area contributed by atoms with Gasteiger partial charge in [-0.15, -0.1) is 0 Å². The molecule has 93 heavy (non-hydrogen) atoms. The van der Waals surface area contributed by atoms with E-state index in [1.807, 2.05) is 48.5 Å². The number of aromatic amines is 3. The first-order valence-electron chi connectivity index (χ1n) is 28.2. The van der Waals surface area contributed by atoms with Crippen molar-refractivity contribution in [1.82, 2.24) is 29.9 Å². The number of fused-ring (bicyclic) bond motifs is 3. The molecule has 0 radical (unpaired) electrons. The first-order valence-corrected chi connectivity index (χ1v) is 33.9. The average molecular weight is 1400 g/mol. The number of imidazole rings is 3. The number of rotatable bonds is 16. The van der Waals surface area contributed by atoms with Crippen LogP contribution >= 0.6 is 15.9 Å². The fraction of sp³-hybridized carbons (Fsp3) is 0.136. The van der Waals surface area contributed by atoms with E-state index in [2.05, 4.69) is 62.7 Å². The Bertz CT molecular complexity index is 5100. The zero-order valence-electron chi connectivity index (χ0n) is 48.7. The Morgan fingerprint density at radius 1 is 0.452 bits per heavy atom. The predicted octanol–water partition coefficient (Wildman–Crippen LogP) is 14.8. The van der Waals surface area contributed by atoms with Crippen LogP contribution in [0.25, 0.3) is 66.5 Å². The van der Waals surface area contributed by atoms with Crippen molar-refractivity contribution in [2.45, 2.75) is 60.7 Å². The van der Waals surface area contributed by atoms with E-state index in [1.165, 1.54) is 29.8 Å². The van der Waals surface area contributed by atoms with Crippen LogP contribution in [0.1, 0.15) is 45.3 Å². The summed E-state index contributed by atoms with van der Waals surface area (Å²) in [6.45, 7) is 0. The maximum absolute atomic E-state index is 14.2. The molecule has 12 rings (SSSR count). The quantitative estimate of drug-likeness (QED) is 0.0502. The van der Waals surface area contributed by atoms with Crippen LogP contribution in [0.3, 0.4) is 0 Å². The minimum Gasteiger partial charge on any atom is -0.342 e. The molecule has 0 saturated heterocycles. The van der Waals surface area contributed by atoms with Gasteiger partial charge in [0.25, 0.3) is 0 Å². The second kappa shape index (κ2) is 27.2. The summed E-state index contributed by atoms with van der Waals surface area (Å²) >= 11 is 3.46. The predicted molar refractivity (Wildman–Crippen MR) is 345 cm³/mol. The van der Waals surface area contributed by atoms with Crippen molar-refractivity contribution in [1.29, 1.82) is 0 Å². The summed E-state index contributed by atoms with van der Waals surface area (Å²) in [7, 11) is -11.2. The molecule has 0 bridgehead atoms. The summed E-state index contributed by atoms with van der Waals surface area (Å²) < 4.78 is 180. The number of nitrogens with zero attached hydrogens (tertiary/aromatic N) is 3. The maximum Gasteiger partial charge on any atom is 0.419 e. The van der Waals surface area contributed by atoms with Crippen LogP contribution in [0.2, 0.25) is 0 Å². The molecule has 27 heteroatoms. The highest BCUT2D eigenvalue weighted by Crippen LogP contribution is 2.37. The van der Waals surface area contributed by atoms with Crippen LogP contribution in [-0.4, -0.2) is 61.4 Å². The van der Waals surface area contributed by atoms with E-state index in [0.29, 0.717) is 73.8 Å². The molecule has 9 aromatic carbocycles. The minimum atomic E-state index is -4.76. The lowest BCUT2D eigenvalue weighted by Gasteiger charge is -2.12. The van der Waals surface area contributed by atoms with E-state index in [1.54, 1.807) is 78.9 Å². The van der Waals surface area contributed by atoms with E-state index < -0.39 is 65.2 Å². The summed E-state index contributed by atoms with van der Waals surface area (Å²) in [5.41, 5.74) is 7.42. The molecule has 0 spiro atoms. The first kappa shape index (κ1) is 66.8. The summed E-state index contributed by atoms with van der Waals surface area (Å²) in [6, 6.07) is 50.2. The highest BCUT2D eigenvalue weighted by molar-refractivity contribution is 9.10. The van der Waals surface area contributed by atoms with Gasteiger partial charge in [0, 0.05) is 40.4 Å². The summed E-state index contributed by atoms with van der Waals surface area (Å²) in [4.78, 5) is 22.9. The van der Waals surface area contributed by atoms with Crippen molar-refractivity contribution >= 4 is 84.8 Å². The van der Waals surface area contributed by atoms with E-state index >= 15 is 0 Å². The van der Waals surface area contributed by atoms with Gasteiger partial charge in [-0.3, -0.25) is 4.72 Å². The second-order valence-electron chi connectivity index (χ2n) is 21.5. The van der Waals surface area contributed by atoms with Crippen molar-refractivity contribution in [3.63, 3.8) is 0 Å². The van der Waals surface area contributed by atoms with Crippen LogP contribution in [0, 0.1) is 11.6 Å². The number of sulfonamides is 3. The third kappa shape index (κ3) is 16.8. The molecule has 0 atom stereocenters. The van der Waals surface area contributed by atoms with Crippen molar-refractivity contribution in [3.05, 3.63) is 249 Å². The lowest BCUT2D eigenvalue weighted by atomic mass is 10.0. The van der Waals surface area contributed by atoms with Gasteiger partial charge in [-0.05, 0) is 138 Å². The molecule has 480 valence electrons. The summed E-state index contributed by atoms with van der Waals surface area (Å²) in [5.74, 6) is -0.374. The molecule has 0 amide bonds. The highest BCUT2D eigenvalue weighted by Gasteiger charge is 2.35. The molecule has 12 aromatic rings. The Hall–Kier alpha value is -9.12. The molecule has 8 N–H and O–H groups in total. The molecule has 15 nitrogen and oxygen atoms in total. The van der Waals surface area contributed by atoms with Gasteiger partial charge in [0.2, 0.25) is 30.1 Å². The van der Waals surface area contributed by atoms with E-state index in [0.717, 1.165) is 63.7 Å². The van der Waals surface area contributed by atoms with E-state index in [-0.39, 0.29) is 46.6 Å². The van der Waals surface area contributed by atoms with Crippen LogP contribution in [0.15, 0.2) is 202 Å². The van der Waals surface area contributed by atoms with Crippen molar-refractivity contribution in [2.75, 3.05) is 11.0 Å². The van der Waals surface area contributed by atoms with Crippen LogP contribution in [0.5, 0.6) is 0 Å². The number of para-hydroxylation sites is 1. The van der Waals surface area contributed by atoms with Gasteiger partial charge in [0.05, 0.1) is 66.0 Å². The molecule has 0 unspecified atom stereocenters. The number of hydrogen-bond donors (Lipinski definition) is 6. The SMILES string of the molecule is CS(=O)(=O)Nc1ccccc1-c1ccc2nc(CCc3ccc(Br)cc3)[nH]c2c1.NS(=O)(=O)c1ccccc1-c1ccc2nc(CCc3ccc(F)cc3C(F)(F)F)[nH]c2c1.NS(=O)(=O)c1ccccc1-c1ccc2nc(CCc3cccc(C(F)(F)F)c3F)[nH]c2c1. The standard InChI is InChI=1S/C22H20BrN3O2S.2C22H17F4N3O2S/c1-29(27,28)26-19-5-3-2-4-18(19)16-9-12-20-21(14-16)25-22(24-20)13-8-15-6-10-17(23)11-7-15;23-21-13(4-3-6-16(21)22(24,25)26)9-11-20-28-17-10-8-14(12-18(17)29-20)15-5-1-2-7-19(15)32(27,30)31;23-15-8-5-13(17(12-15)22(24,25)26)7-10-21-28-18-9-6-14(11-19(18)29-21)16-3-1-2-4-20(16)32(27,30)31/h2-7,9-12,14,26H,8,13H2,1H3,(H,24,25);1-8,10,12H,9,11H2,(H,28,29)(H2,27,30,31);1-6,8-9,11-12H,7,10H2,(H,28,29)(H2,27,30,31). The number of primary sulfonamides is 2. The number of benzene rings is 9. The molecule has 3 heterocycles. The first-order chi connectivity index (χ1) is 43.9. The van der Waals surface area contributed by atoms with Gasteiger partial charge in [-0.2, -0.15) is 26.3 Å². The zero-order valence-corrected chi connectivity index (χ0v) is 52.7. The number of nitrogens with two attached hydrogens (primary N) is 2. The number of aryl methyl sites for hydroxylation is 6. The largest absolute Gasteiger partial charge is 0.419 e. The summed E-state index contributed by atoms with van der Waals surface area (Å²) in [6.07, 6.45) is -6.14. The van der Waals surface area contributed by atoms with Gasteiger partial charge in [0.1, 0.15) is 29.1 Å². The molecular formula is C66H54BrF8N9O6S3. The Morgan fingerprint density at radius 3 is 1.34 bits per heavy atom. The van der Waals surface area contributed by atoms with Gasteiger partial charge >= 0.3 is 12.4 Å². The Balaban J connectivity index is 0.000000153. The van der Waals surface area contributed by atoms with Crippen LogP contribution < -0.4 is 15.0 Å². The maximum atomic E-state index is 14.2. The average Bonchev–Trinajstić information content (AvgIpc) is 1.82. The van der Waals surface area contributed by atoms with Gasteiger partial charge in [0.15, 0.2) is 0 Å². The minimum absolute atomic E-state index is 0.00997. The molecule has 0 aliphatic carbocycles. The Kier molecular flexibility index (Phi) is 19.5. The number of halogens is 9. The van der Waals surface area contributed by atoms with Gasteiger partial charge in [-0.1, -0.05) is 119 Å². The number of alkyl halides is 6. The molecular weight excluding hydrogens is 1340 g/mol.